The van der Waals surface area contributed by atoms with Crippen LogP contribution in [0.5, 0.6) is 0 Å². The molecule has 1 heteroatoms. The van der Waals surface area contributed by atoms with Gasteiger partial charge < -0.3 is 0 Å². The Hall–Kier alpha value is -5.79. The van der Waals surface area contributed by atoms with Crippen molar-refractivity contribution in [3.05, 3.63) is 152 Å². The van der Waals surface area contributed by atoms with E-state index in [-0.39, 0.29) is 0 Å². The van der Waals surface area contributed by atoms with Crippen molar-refractivity contribution in [2.24, 2.45) is 0 Å². The van der Waals surface area contributed by atoms with E-state index < -0.39 is 0 Å². The minimum absolute atomic E-state index is 1.03. The highest BCUT2D eigenvalue weighted by Gasteiger charge is 2.21. The summed E-state index contributed by atoms with van der Waals surface area (Å²) in [7, 11) is 0. The van der Waals surface area contributed by atoms with Crippen molar-refractivity contribution in [2.45, 2.75) is 0 Å². The molecule has 10 aromatic rings. The molecule has 0 unspecified atom stereocenters. The predicted octanol–water partition coefficient (Wildman–Crippen LogP) is 11.9. The molecule has 0 spiro atoms. The average molecular weight is 556 g/mol. The summed E-state index contributed by atoms with van der Waals surface area (Å²) in [6.45, 7) is 0. The Bertz CT molecular complexity index is 2660. The Morgan fingerprint density at radius 3 is 1.75 bits per heavy atom. The highest BCUT2D eigenvalue weighted by molar-refractivity contribution is 6.35. The number of benzene rings is 9. The third-order valence-electron chi connectivity index (χ3n) is 9.61. The molecule has 202 valence electrons. The zero-order valence-corrected chi connectivity index (χ0v) is 23.9. The maximum atomic E-state index is 5.07. The van der Waals surface area contributed by atoms with Crippen molar-refractivity contribution in [1.29, 1.82) is 0 Å². The molecule has 0 aliphatic carbocycles. The normalized spacial score (nSPS) is 12.1. The molecule has 0 N–H and O–H groups in total. The van der Waals surface area contributed by atoms with Crippen LogP contribution < -0.4 is 0 Å². The van der Waals surface area contributed by atoms with E-state index in [9.17, 15) is 0 Å². The van der Waals surface area contributed by atoms with Gasteiger partial charge in [-0.3, -0.25) is 4.98 Å². The van der Waals surface area contributed by atoms with Crippen LogP contribution in [0.4, 0.5) is 0 Å². The fraction of sp³-hybridized carbons (Fsp3) is 0. The zero-order valence-electron chi connectivity index (χ0n) is 23.9. The number of nitrogens with zero attached hydrogens (tertiary/aromatic N) is 1. The van der Waals surface area contributed by atoms with Crippen LogP contribution in [0.2, 0.25) is 0 Å². The van der Waals surface area contributed by atoms with E-state index in [1.165, 1.54) is 92.3 Å². The molecule has 1 nitrogen and oxygen atoms in total. The second-order valence-electron chi connectivity index (χ2n) is 11.9. The van der Waals surface area contributed by atoms with Crippen molar-refractivity contribution in [1.82, 2.24) is 4.98 Å². The van der Waals surface area contributed by atoms with Gasteiger partial charge in [0.15, 0.2) is 0 Å². The van der Waals surface area contributed by atoms with E-state index >= 15 is 0 Å². The summed E-state index contributed by atoms with van der Waals surface area (Å²) in [5.74, 6) is 0. The molecule has 0 aliphatic heterocycles. The van der Waals surface area contributed by atoms with Crippen molar-refractivity contribution >= 4 is 75.5 Å². The van der Waals surface area contributed by atoms with Crippen molar-refractivity contribution in [3.8, 4) is 22.3 Å². The van der Waals surface area contributed by atoms with Gasteiger partial charge in [0.1, 0.15) is 0 Å². The summed E-state index contributed by atoms with van der Waals surface area (Å²) in [4.78, 5) is 5.07. The lowest BCUT2D eigenvalue weighted by Gasteiger charge is -2.20. The first kappa shape index (κ1) is 23.7. The quantitative estimate of drug-likeness (QED) is 0.153. The molecule has 0 saturated heterocycles. The summed E-state index contributed by atoms with van der Waals surface area (Å²) in [6, 6.07) is 53.5. The Morgan fingerprint density at radius 1 is 0.341 bits per heavy atom. The molecule has 0 fully saturated rings. The lowest BCUT2D eigenvalue weighted by Crippen LogP contribution is -1.94. The monoisotopic (exact) mass is 555 g/mol. The molecule has 9 aromatic carbocycles. The number of fused-ring (bicyclic) bond motifs is 5. The first-order valence-corrected chi connectivity index (χ1v) is 15.2. The lowest BCUT2D eigenvalue weighted by atomic mass is 9.83. The summed E-state index contributed by atoms with van der Waals surface area (Å²) >= 11 is 0. The van der Waals surface area contributed by atoms with Gasteiger partial charge in [0.05, 0.1) is 5.52 Å². The first-order valence-electron chi connectivity index (χ1n) is 15.2. The van der Waals surface area contributed by atoms with Crippen molar-refractivity contribution in [2.75, 3.05) is 0 Å². The van der Waals surface area contributed by atoms with Crippen LogP contribution in [0.25, 0.3) is 97.8 Å². The molecule has 44 heavy (non-hydrogen) atoms. The zero-order chi connectivity index (χ0) is 28.8. The largest absolute Gasteiger partial charge is 0.256 e. The highest BCUT2D eigenvalue weighted by atomic mass is 14.7. The van der Waals surface area contributed by atoms with Gasteiger partial charge in [0.25, 0.3) is 0 Å². The standard InChI is InChI=1S/C43H25N/c1-2-10-28-25-29(21-20-26(28)9-1)40-32-13-3-4-14-33(32)42(38-19-8-24-44-43(38)40)37-23-22-36-31-16-6-12-27-11-5-15-30(39(27)31)34-17-7-18-35(37)41(34)36/h1-25H. The van der Waals surface area contributed by atoms with E-state index in [2.05, 4.69) is 146 Å². The molecule has 10 rings (SSSR count). The molecule has 0 bridgehead atoms. The minimum Gasteiger partial charge on any atom is -0.256 e. The number of pyridine rings is 1. The second kappa shape index (κ2) is 8.86. The summed E-state index contributed by atoms with van der Waals surface area (Å²) in [6.07, 6.45) is 1.93. The summed E-state index contributed by atoms with van der Waals surface area (Å²) in [5, 5.41) is 16.6. The van der Waals surface area contributed by atoms with E-state index in [4.69, 9.17) is 4.98 Å². The number of hydrogen-bond acceptors (Lipinski definition) is 1. The third kappa shape index (κ3) is 3.16. The van der Waals surface area contributed by atoms with Gasteiger partial charge in [-0.15, -0.1) is 0 Å². The highest BCUT2D eigenvalue weighted by Crippen LogP contribution is 2.48. The maximum absolute atomic E-state index is 5.07. The molecule has 0 amide bonds. The molecule has 0 aliphatic rings. The molecule has 1 heterocycles. The number of hydrogen-bond donors (Lipinski definition) is 0. The van der Waals surface area contributed by atoms with Crippen LogP contribution in [0.15, 0.2) is 152 Å². The molecular weight excluding hydrogens is 530 g/mol. The summed E-state index contributed by atoms with van der Waals surface area (Å²) in [5.41, 5.74) is 5.91. The van der Waals surface area contributed by atoms with Gasteiger partial charge in [-0.1, -0.05) is 133 Å². The van der Waals surface area contributed by atoms with E-state index in [1.54, 1.807) is 0 Å². The van der Waals surface area contributed by atoms with Crippen LogP contribution in [0.3, 0.4) is 0 Å². The van der Waals surface area contributed by atoms with Gasteiger partial charge in [0.2, 0.25) is 0 Å². The third-order valence-corrected chi connectivity index (χ3v) is 9.61. The van der Waals surface area contributed by atoms with Crippen LogP contribution in [0.1, 0.15) is 0 Å². The van der Waals surface area contributed by atoms with Crippen molar-refractivity contribution < 1.29 is 0 Å². The van der Waals surface area contributed by atoms with Crippen LogP contribution in [-0.4, -0.2) is 4.98 Å². The van der Waals surface area contributed by atoms with Gasteiger partial charge >= 0.3 is 0 Å². The van der Waals surface area contributed by atoms with E-state index in [0.29, 0.717) is 0 Å². The van der Waals surface area contributed by atoms with Crippen LogP contribution >= 0.6 is 0 Å². The maximum Gasteiger partial charge on any atom is 0.0792 e. The van der Waals surface area contributed by atoms with E-state index in [0.717, 1.165) is 5.52 Å². The topological polar surface area (TPSA) is 12.9 Å². The van der Waals surface area contributed by atoms with Crippen molar-refractivity contribution in [3.63, 3.8) is 0 Å². The Labute approximate surface area is 254 Å². The summed E-state index contributed by atoms with van der Waals surface area (Å²) < 4.78 is 0. The smallest absolute Gasteiger partial charge is 0.0792 e. The van der Waals surface area contributed by atoms with Crippen LogP contribution in [0, 0.1) is 0 Å². The average Bonchev–Trinajstić information content (AvgIpc) is 3.09. The predicted molar refractivity (Wildman–Crippen MR) is 189 cm³/mol. The second-order valence-corrected chi connectivity index (χ2v) is 11.9. The van der Waals surface area contributed by atoms with Gasteiger partial charge in [-0.05, 0) is 93.5 Å². The lowest BCUT2D eigenvalue weighted by molar-refractivity contribution is 1.42. The molecule has 0 saturated carbocycles. The van der Waals surface area contributed by atoms with Gasteiger partial charge in [-0.25, -0.2) is 0 Å². The molecule has 0 radical (unpaired) electrons. The van der Waals surface area contributed by atoms with E-state index in [1.807, 2.05) is 6.20 Å². The fourth-order valence-corrected chi connectivity index (χ4v) is 7.79. The number of rotatable bonds is 2. The fourth-order valence-electron chi connectivity index (χ4n) is 7.79. The van der Waals surface area contributed by atoms with Gasteiger partial charge in [-0.2, -0.15) is 0 Å². The Balaban J connectivity index is 1.36. The Morgan fingerprint density at radius 2 is 0.932 bits per heavy atom. The first-order chi connectivity index (χ1) is 21.8. The Kier molecular flexibility index (Phi) is 4.78. The SMILES string of the molecule is c1ccc2cc(-c3c4ccccc4c(-c4ccc5c6cccc7cccc(c8cccc4c85)c76)c4cccnc34)ccc2c1. The molecule has 0 atom stereocenters. The molecular formula is C43H25N. The molecule has 1 aromatic heterocycles. The van der Waals surface area contributed by atoms with Gasteiger partial charge in [0, 0.05) is 17.1 Å². The number of aromatic nitrogens is 1. The minimum atomic E-state index is 1.03. The van der Waals surface area contributed by atoms with Crippen LogP contribution in [-0.2, 0) is 0 Å².